The molecule has 7 heteroatoms. The molecule has 1 saturated heterocycles. The van der Waals surface area contributed by atoms with E-state index in [-0.39, 0.29) is 12.1 Å². The summed E-state index contributed by atoms with van der Waals surface area (Å²) in [7, 11) is 1.76. The number of nitrogens with one attached hydrogen (secondary N) is 1. The summed E-state index contributed by atoms with van der Waals surface area (Å²) in [5, 5.41) is 7.03. The molecular weight excluding hydrogens is 228 g/mol. The van der Waals surface area contributed by atoms with E-state index < -0.39 is 0 Å². The molecule has 2 heterocycles. The number of hydrogen-bond donors (Lipinski definition) is 1. The van der Waals surface area contributed by atoms with E-state index in [1.54, 1.807) is 11.9 Å². The van der Waals surface area contributed by atoms with Gasteiger partial charge in [-0.15, -0.1) is 5.10 Å². The second kappa shape index (κ2) is 5.22. The first-order valence-corrected chi connectivity index (χ1v) is 5.94. The molecule has 1 fully saturated rings. The van der Waals surface area contributed by atoms with Crippen LogP contribution in [0.25, 0.3) is 0 Å². The maximum atomic E-state index is 11.7. The monoisotopic (exact) mass is 242 g/mol. The Kier molecular flexibility index (Phi) is 3.68. The molecule has 88 valence electrons. The Bertz CT molecular complexity index is 337. The Labute approximate surface area is 97.8 Å². The minimum absolute atomic E-state index is 0.151. The van der Waals surface area contributed by atoms with Crippen molar-refractivity contribution in [3.63, 3.8) is 0 Å². The number of nitrogens with zero attached hydrogens (tertiary/aromatic N) is 3. The maximum Gasteiger partial charge on any atom is 0.322 e. The van der Waals surface area contributed by atoms with Crippen LogP contribution in [0.2, 0.25) is 0 Å². The summed E-state index contributed by atoms with van der Waals surface area (Å²) in [4.78, 5) is 13.3. The fourth-order valence-corrected chi connectivity index (χ4v) is 2.01. The molecule has 0 unspecified atom stereocenters. The molecular formula is C9H14N4O2S. The first-order valence-electron chi connectivity index (χ1n) is 5.17. The second-order valence-electron chi connectivity index (χ2n) is 3.73. The largest absolute Gasteiger partial charge is 0.376 e. The molecule has 2 rings (SSSR count). The number of likely N-dealkylation sites (N-methyl/N-ethyl adjacent to an activating group) is 1. The van der Waals surface area contributed by atoms with Crippen LogP contribution in [-0.4, -0.2) is 46.8 Å². The van der Waals surface area contributed by atoms with Crippen molar-refractivity contribution in [2.75, 3.05) is 25.5 Å². The van der Waals surface area contributed by atoms with Crippen molar-refractivity contribution in [2.45, 2.75) is 18.9 Å². The van der Waals surface area contributed by atoms with Gasteiger partial charge >= 0.3 is 6.03 Å². The molecule has 0 aromatic carbocycles. The van der Waals surface area contributed by atoms with Gasteiger partial charge in [0, 0.05) is 31.7 Å². The van der Waals surface area contributed by atoms with Crippen molar-refractivity contribution >= 4 is 22.6 Å². The standard InChI is InChI=1S/C9H14N4O2S/c1-13(6-7-3-2-4-15-7)9(14)11-8-5-10-12-16-8/h5,7H,2-4,6H2,1H3,(H,11,14)/t7-/m1/s1. The van der Waals surface area contributed by atoms with E-state index in [0.717, 1.165) is 31.0 Å². The Morgan fingerprint density at radius 3 is 3.31 bits per heavy atom. The van der Waals surface area contributed by atoms with Gasteiger partial charge in [-0.05, 0) is 12.8 Å². The summed E-state index contributed by atoms with van der Waals surface area (Å²) in [5.74, 6) is 0. The lowest BCUT2D eigenvalue weighted by Gasteiger charge is -2.20. The van der Waals surface area contributed by atoms with Gasteiger partial charge in [-0.3, -0.25) is 5.32 Å². The normalized spacial score (nSPS) is 19.7. The highest BCUT2D eigenvalue weighted by molar-refractivity contribution is 7.10. The Morgan fingerprint density at radius 2 is 2.69 bits per heavy atom. The van der Waals surface area contributed by atoms with Crippen molar-refractivity contribution in [1.82, 2.24) is 14.5 Å². The van der Waals surface area contributed by atoms with Gasteiger partial charge in [-0.25, -0.2) is 4.79 Å². The summed E-state index contributed by atoms with van der Waals surface area (Å²) in [6.07, 6.45) is 3.82. The number of aromatic nitrogens is 2. The molecule has 0 aliphatic carbocycles. The second-order valence-corrected chi connectivity index (χ2v) is 4.51. The highest BCUT2D eigenvalue weighted by atomic mass is 32.1. The van der Waals surface area contributed by atoms with E-state index in [4.69, 9.17) is 4.74 Å². The van der Waals surface area contributed by atoms with E-state index in [2.05, 4.69) is 14.9 Å². The number of anilines is 1. The summed E-state index contributed by atoms with van der Waals surface area (Å²) < 4.78 is 9.14. The fourth-order valence-electron chi connectivity index (χ4n) is 1.60. The molecule has 0 radical (unpaired) electrons. The third-order valence-corrected chi connectivity index (χ3v) is 3.02. The molecule has 16 heavy (non-hydrogen) atoms. The number of carbonyl (C=O) groups is 1. The van der Waals surface area contributed by atoms with Crippen molar-refractivity contribution < 1.29 is 9.53 Å². The van der Waals surface area contributed by atoms with Gasteiger partial charge in [0.05, 0.1) is 12.3 Å². The minimum Gasteiger partial charge on any atom is -0.376 e. The SMILES string of the molecule is CN(C[C@H]1CCCO1)C(=O)Nc1cnns1. The van der Waals surface area contributed by atoms with E-state index in [1.807, 2.05) is 0 Å². The van der Waals surface area contributed by atoms with Crippen LogP contribution in [0.3, 0.4) is 0 Å². The van der Waals surface area contributed by atoms with Crippen LogP contribution in [-0.2, 0) is 4.74 Å². The van der Waals surface area contributed by atoms with Crippen LogP contribution >= 0.6 is 11.5 Å². The topological polar surface area (TPSA) is 67.3 Å². The summed E-state index contributed by atoms with van der Waals surface area (Å²) in [5.41, 5.74) is 0. The van der Waals surface area contributed by atoms with Gasteiger partial charge in [-0.1, -0.05) is 4.49 Å². The molecule has 0 spiro atoms. The highest BCUT2D eigenvalue weighted by Crippen LogP contribution is 2.14. The first-order chi connectivity index (χ1) is 7.75. The number of hydrogen-bond acceptors (Lipinski definition) is 5. The molecule has 1 aliphatic rings. The first kappa shape index (κ1) is 11.3. The van der Waals surface area contributed by atoms with Crippen LogP contribution in [0, 0.1) is 0 Å². The van der Waals surface area contributed by atoms with E-state index >= 15 is 0 Å². The number of rotatable bonds is 3. The molecule has 2 amide bonds. The third-order valence-electron chi connectivity index (χ3n) is 2.44. The number of carbonyl (C=O) groups excluding carboxylic acids is 1. The van der Waals surface area contributed by atoms with Crippen molar-refractivity contribution in [3.8, 4) is 0 Å². The van der Waals surface area contributed by atoms with Gasteiger partial charge in [0.2, 0.25) is 0 Å². The van der Waals surface area contributed by atoms with Gasteiger partial charge in [-0.2, -0.15) is 0 Å². The Balaban J connectivity index is 1.79. The molecule has 1 atom stereocenters. The van der Waals surface area contributed by atoms with Crippen LogP contribution < -0.4 is 5.32 Å². The smallest absolute Gasteiger partial charge is 0.322 e. The zero-order valence-electron chi connectivity index (χ0n) is 9.05. The third kappa shape index (κ3) is 2.89. The van der Waals surface area contributed by atoms with Crippen LogP contribution in [0.1, 0.15) is 12.8 Å². The van der Waals surface area contributed by atoms with Gasteiger partial charge < -0.3 is 9.64 Å². The van der Waals surface area contributed by atoms with Gasteiger partial charge in [0.25, 0.3) is 0 Å². The summed E-state index contributed by atoms with van der Waals surface area (Å²) >= 11 is 1.16. The van der Waals surface area contributed by atoms with Crippen molar-refractivity contribution in [1.29, 1.82) is 0 Å². The predicted octanol–water partition coefficient (Wildman–Crippen LogP) is 1.18. The van der Waals surface area contributed by atoms with Gasteiger partial charge in [0.1, 0.15) is 5.00 Å². The van der Waals surface area contributed by atoms with Crippen LogP contribution in [0.5, 0.6) is 0 Å². The summed E-state index contributed by atoms with van der Waals surface area (Å²) in [6, 6.07) is -0.151. The summed E-state index contributed by atoms with van der Waals surface area (Å²) in [6.45, 7) is 1.43. The van der Waals surface area contributed by atoms with Crippen molar-refractivity contribution in [3.05, 3.63) is 6.20 Å². The molecule has 6 nitrogen and oxygen atoms in total. The van der Waals surface area contributed by atoms with Gasteiger partial charge in [0.15, 0.2) is 0 Å². The zero-order chi connectivity index (χ0) is 11.4. The lowest BCUT2D eigenvalue weighted by atomic mass is 10.2. The zero-order valence-corrected chi connectivity index (χ0v) is 9.87. The molecule has 0 bridgehead atoms. The molecule has 1 N–H and O–H groups in total. The molecule has 1 aromatic rings. The quantitative estimate of drug-likeness (QED) is 0.864. The molecule has 1 aliphatic heterocycles. The maximum absolute atomic E-state index is 11.7. The van der Waals surface area contributed by atoms with Crippen molar-refractivity contribution in [2.24, 2.45) is 0 Å². The Hall–Kier alpha value is -1.21. The van der Waals surface area contributed by atoms with Crippen LogP contribution in [0.4, 0.5) is 9.80 Å². The lowest BCUT2D eigenvalue weighted by molar-refractivity contribution is 0.0894. The number of amides is 2. The number of urea groups is 1. The average molecular weight is 242 g/mol. The molecule has 0 saturated carbocycles. The average Bonchev–Trinajstić information content (AvgIpc) is 2.90. The highest BCUT2D eigenvalue weighted by Gasteiger charge is 2.20. The predicted molar refractivity (Wildman–Crippen MR) is 60.5 cm³/mol. The van der Waals surface area contributed by atoms with E-state index in [0.29, 0.717) is 11.5 Å². The minimum atomic E-state index is -0.151. The van der Waals surface area contributed by atoms with E-state index in [1.165, 1.54) is 6.20 Å². The fraction of sp³-hybridized carbons (Fsp3) is 0.667. The molecule has 1 aromatic heterocycles. The number of ether oxygens (including phenoxy) is 1. The van der Waals surface area contributed by atoms with Crippen LogP contribution in [0.15, 0.2) is 6.20 Å². The Morgan fingerprint density at radius 1 is 1.81 bits per heavy atom. The lowest BCUT2D eigenvalue weighted by Crippen LogP contribution is -2.36. The van der Waals surface area contributed by atoms with E-state index in [9.17, 15) is 4.79 Å².